The predicted octanol–water partition coefficient (Wildman–Crippen LogP) is 1.87. The lowest BCUT2D eigenvalue weighted by molar-refractivity contribution is -0.196. The minimum Gasteiger partial charge on any atom is -0.479 e. The zero-order chi connectivity index (χ0) is 21.7. The van der Waals surface area contributed by atoms with Gasteiger partial charge in [0.15, 0.2) is 12.2 Å². The molecule has 3 rings (SSSR count). The number of ether oxygens (including phenoxy) is 4. The van der Waals surface area contributed by atoms with Gasteiger partial charge in [-0.25, -0.2) is 4.79 Å². The lowest BCUT2D eigenvalue weighted by Gasteiger charge is -2.39. The van der Waals surface area contributed by atoms with Crippen molar-refractivity contribution < 1.29 is 38.1 Å². The van der Waals surface area contributed by atoms with E-state index in [0.717, 1.165) is 0 Å². The van der Waals surface area contributed by atoms with Crippen LogP contribution in [-0.2, 0) is 38.1 Å². The number of esters is 3. The number of hydrogen-bond donors (Lipinski definition) is 0. The van der Waals surface area contributed by atoms with Gasteiger partial charge in [-0.15, -0.1) is 0 Å². The molecule has 2 saturated heterocycles. The molecule has 0 N–H and O–H groups in total. The van der Waals surface area contributed by atoms with Gasteiger partial charge in [-0.05, 0) is 13.3 Å². The van der Waals surface area contributed by atoms with Crippen molar-refractivity contribution in [3.05, 3.63) is 24.0 Å². The first-order valence-corrected chi connectivity index (χ1v) is 9.68. The molecule has 0 saturated carbocycles. The Kier molecular flexibility index (Phi) is 5.32. The Morgan fingerprint density at radius 2 is 1.93 bits per heavy atom. The maximum absolute atomic E-state index is 12.9. The molecule has 0 amide bonds. The maximum atomic E-state index is 12.9. The van der Waals surface area contributed by atoms with Gasteiger partial charge in [-0.2, -0.15) is 0 Å². The van der Waals surface area contributed by atoms with Gasteiger partial charge in [0.1, 0.15) is 11.9 Å². The fourth-order valence-corrected chi connectivity index (χ4v) is 4.02. The molecule has 0 radical (unpaired) electrons. The van der Waals surface area contributed by atoms with E-state index in [1.54, 1.807) is 13.8 Å². The highest BCUT2D eigenvalue weighted by Gasteiger charge is 2.60. The highest BCUT2D eigenvalue weighted by atomic mass is 16.6. The zero-order valence-electron chi connectivity index (χ0n) is 17.2. The molecular weight excluding hydrogens is 380 g/mol. The molecule has 2 fully saturated rings. The van der Waals surface area contributed by atoms with E-state index in [2.05, 4.69) is 6.58 Å². The monoisotopic (exact) mass is 406 g/mol. The summed E-state index contributed by atoms with van der Waals surface area (Å²) in [5.41, 5.74) is -1.48. The minimum absolute atomic E-state index is 0.115. The largest absolute Gasteiger partial charge is 0.479 e. The fourth-order valence-electron chi connectivity index (χ4n) is 4.02. The van der Waals surface area contributed by atoms with Crippen LogP contribution in [0.5, 0.6) is 0 Å². The van der Waals surface area contributed by atoms with Gasteiger partial charge < -0.3 is 18.9 Å². The summed E-state index contributed by atoms with van der Waals surface area (Å²) in [6.07, 6.45) is -1.41. The first-order valence-electron chi connectivity index (χ1n) is 9.68. The van der Waals surface area contributed by atoms with Gasteiger partial charge in [-0.1, -0.05) is 27.4 Å². The lowest BCUT2D eigenvalue weighted by Crippen LogP contribution is -2.57. The van der Waals surface area contributed by atoms with Gasteiger partial charge >= 0.3 is 17.9 Å². The Labute approximate surface area is 169 Å². The van der Waals surface area contributed by atoms with E-state index < -0.39 is 59.4 Å². The van der Waals surface area contributed by atoms with Crippen LogP contribution in [0.3, 0.4) is 0 Å². The first kappa shape index (κ1) is 21.1. The van der Waals surface area contributed by atoms with Gasteiger partial charge in [0.2, 0.25) is 11.4 Å². The third-order valence-corrected chi connectivity index (χ3v) is 5.70. The van der Waals surface area contributed by atoms with Crippen molar-refractivity contribution in [1.29, 1.82) is 0 Å². The van der Waals surface area contributed by atoms with E-state index in [1.807, 2.05) is 6.92 Å². The zero-order valence-corrected chi connectivity index (χ0v) is 17.2. The molecule has 6 atom stereocenters. The molecule has 0 aromatic heterocycles. The third-order valence-electron chi connectivity index (χ3n) is 5.70. The summed E-state index contributed by atoms with van der Waals surface area (Å²) >= 11 is 0. The number of allylic oxidation sites excluding steroid dienone is 1. The maximum Gasteiger partial charge on any atom is 0.334 e. The van der Waals surface area contributed by atoms with Crippen LogP contribution in [0.4, 0.5) is 0 Å². The standard InChI is InChI=1S/C21H26O8/c1-9(2)19(24)28-17-16-11(4)20(25)27-14(16)7-10(3)13-8-15(23)21(6,29-13)18(17)26-12(5)22/h8-10,14,16-18H,4,7H2,1-3,5-6H3/t10-,14-,16+,17+,18-,21+/m1/s1. The molecule has 8 heteroatoms. The molecule has 0 spiro atoms. The second-order valence-electron chi connectivity index (χ2n) is 8.34. The molecular formula is C21H26O8. The van der Waals surface area contributed by atoms with E-state index in [-0.39, 0.29) is 11.5 Å². The average molecular weight is 406 g/mol. The van der Waals surface area contributed by atoms with Crippen molar-refractivity contribution in [3.8, 4) is 0 Å². The van der Waals surface area contributed by atoms with Crippen LogP contribution >= 0.6 is 0 Å². The van der Waals surface area contributed by atoms with E-state index in [4.69, 9.17) is 18.9 Å². The van der Waals surface area contributed by atoms with Crippen molar-refractivity contribution in [2.75, 3.05) is 0 Å². The number of ketones is 1. The van der Waals surface area contributed by atoms with Crippen LogP contribution < -0.4 is 0 Å². The van der Waals surface area contributed by atoms with E-state index >= 15 is 0 Å². The molecule has 0 unspecified atom stereocenters. The topological polar surface area (TPSA) is 105 Å². The van der Waals surface area contributed by atoms with Crippen molar-refractivity contribution in [1.82, 2.24) is 0 Å². The van der Waals surface area contributed by atoms with Gasteiger partial charge in [-0.3, -0.25) is 14.4 Å². The van der Waals surface area contributed by atoms with E-state index in [0.29, 0.717) is 12.2 Å². The Morgan fingerprint density at radius 1 is 1.28 bits per heavy atom. The normalized spacial score (nSPS) is 36.3. The number of carbonyl (C=O) groups excluding carboxylic acids is 4. The molecule has 158 valence electrons. The molecule has 3 heterocycles. The summed E-state index contributed by atoms with van der Waals surface area (Å²) in [6.45, 7) is 11.7. The number of fused-ring (bicyclic) bond motifs is 3. The summed E-state index contributed by atoms with van der Waals surface area (Å²) in [6, 6.07) is 0. The summed E-state index contributed by atoms with van der Waals surface area (Å²) in [5.74, 6) is -3.32. The van der Waals surface area contributed by atoms with Crippen molar-refractivity contribution in [3.63, 3.8) is 0 Å². The van der Waals surface area contributed by atoms with Crippen LogP contribution in [0.2, 0.25) is 0 Å². The van der Waals surface area contributed by atoms with Crippen LogP contribution in [0.15, 0.2) is 24.0 Å². The Bertz CT molecular complexity index is 809. The SMILES string of the molecule is C=C1C(=O)O[C@@H]2C[C@@H](C)C3=CC(=O)[C@](C)(O3)[C@H](OC(C)=O)[C@@H](OC(=O)C(C)C)[C@@H]12. The van der Waals surface area contributed by atoms with Crippen molar-refractivity contribution >= 4 is 23.7 Å². The Hall–Kier alpha value is -2.64. The summed E-state index contributed by atoms with van der Waals surface area (Å²) in [4.78, 5) is 49.6. The Balaban J connectivity index is 2.16. The average Bonchev–Trinajstić information content (AvgIpc) is 3.08. The Morgan fingerprint density at radius 3 is 2.52 bits per heavy atom. The molecule has 0 aromatic rings. The van der Waals surface area contributed by atoms with Crippen LogP contribution in [-0.4, -0.2) is 47.6 Å². The number of rotatable bonds is 3. The van der Waals surface area contributed by atoms with Crippen molar-refractivity contribution in [2.45, 2.75) is 65.0 Å². The number of carbonyl (C=O) groups is 4. The van der Waals surface area contributed by atoms with Gasteiger partial charge in [0.25, 0.3) is 0 Å². The second kappa shape index (κ2) is 7.31. The van der Waals surface area contributed by atoms with E-state index in [9.17, 15) is 19.2 Å². The quantitative estimate of drug-likeness (QED) is 0.397. The van der Waals surface area contributed by atoms with Gasteiger partial charge in [0, 0.05) is 24.5 Å². The smallest absolute Gasteiger partial charge is 0.334 e. The summed E-state index contributed by atoms with van der Waals surface area (Å²) in [7, 11) is 0. The second-order valence-corrected chi connectivity index (χ2v) is 8.34. The molecule has 2 bridgehead atoms. The fraction of sp³-hybridized carbons (Fsp3) is 0.619. The minimum atomic E-state index is -1.60. The van der Waals surface area contributed by atoms with Crippen LogP contribution in [0, 0.1) is 17.8 Å². The highest BCUT2D eigenvalue weighted by Crippen LogP contribution is 2.45. The molecule has 8 nitrogen and oxygen atoms in total. The molecule has 0 aliphatic carbocycles. The van der Waals surface area contributed by atoms with E-state index in [1.165, 1.54) is 19.9 Å². The van der Waals surface area contributed by atoms with Gasteiger partial charge in [0.05, 0.1) is 11.8 Å². The van der Waals surface area contributed by atoms with Crippen LogP contribution in [0.25, 0.3) is 0 Å². The first-order chi connectivity index (χ1) is 13.5. The summed E-state index contributed by atoms with van der Waals surface area (Å²) in [5, 5.41) is 0. The molecule has 0 aromatic carbocycles. The third kappa shape index (κ3) is 3.56. The number of hydrogen-bond acceptors (Lipinski definition) is 8. The lowest BCUT2D eigenvalue weighted by atomic mass is 9.78. The van der Waals surface area contributed by atoms with Crippen molar-refractivity contribution in [2.24, 2.45) is 17.8 Å². The summed E-state index contributed by atoms with van der Waals surface area (Å²) < 4.78 is 22.7. The molecule has 29 heavy (non-hydrogen) atoms. The highest BCUT2D eigenvalue weighted by molar-refractivity contribution is 6.00. The molecule has 3 aliphatic rings. The molecule has 3 aliphatic heterocycles. The predicted molar refractivity (Wildman–Crippen MR) is 99.1 cm³/mol. The van der Waals surface area contributed by atoms with Crippen LogP contribution in [0.1, 0.15) is 41.0 Å².